The van der Waals surface area contributed by atoms with E-state index in [1.807, 2.05) is 0 Å². The maximum Gasteiger partial charge on any atom is 0.416 e. The second-order valence-electron chi connectivity index (χ2n) is 5.98. The number of benzene rings is 2. The Hall–Kier alpha value is -2.79. The lowest BCUT2D eigenvalue weighted by Crippen LogP contribution is -2.19. The summed E-state index contributed by atoms with van der Waals surface area (Å²) < 4.78 is 67.8. The summed E-state index contributed by atoms with van der Waals surface area (Å²) in [5.74, 6) is 0.243. The van der Waals surface area contributed by atoms with Crippen molar-refractivity contribution < 1.29 is 21.6 Å². The highest BCUT2D eigenvalue weighted by molar-refractivity contribution is 7.89. The first-order chi connectivity index (χ1) is 13.1. The van der Waals surface area contributed by atoms with Gasteiger partial charge >= 0.3 is 6.18 Å². The highest BCUT2D eigenvalue weighted by Crippen LogP contribution is 2.34. The van der Waals surface area contributed by atoms with Crippen LogP contribution in [0, 0.1) is 0 Å². The first-order valence-corrected chi connectivity index (χ1v) is 9.56. The third-order valence-electron chi connectivity index (χ3n) is 4.23. The molecule has 148 valence electrons. The molecule has 0 aliphatic carbocycles. The monoisotopic (exact) mass is 411 g/mol. The van der Waals surface area contributed by atoms with E-state index in [9.17, 15) is 21.6 Å². The van der Waals surface area contributed by atoms with E-state index in [1.54, 1.807) is 7.05 Å². The van der Waals surface area contributed by atoms with Crippen molar-refractivity contribution in [1.29, 1.82) is 0 Å². The zero-order valence-electron chi connectivity index (χ0n) is 14.9. The number of nitrogens with one attached hydrogen (secondary N) is 1. The van der Waals surface area contributed by atoms with Gasteiger partial charge in [0.05, 0.1) is 10.5 Å². The quantitative estimate of drug-likeness (QED) is 0.696. The molecular formula is C17H16F3N5O2S. The van der Waals surface area contributed by atoms with E-state index in [4.69, 9.17) is 0 Å². The van der Waals surface area contributed by atoms with E-state index < -0.39 is 21.8 Å². The second kappa shape index (κ2) is 7.32. The molecule has 1 N–H and O–H groups in total. The van der Waals surface area contributed by atoms with Crippen LogP contribution >= 0.6 is 0 Å². The number of alkyl halides is 3. The molecule has 3 aromatic rings. The molecule has 0 amide bonds. The summed E-state index contributed by atoms with van der Waals surface area (Å²) in [5.41, 5.74) is 0.116. The zero-order chi connectivity index (χ0) is 20.5. The topological polar surface area (TPSA) is 89.8 Å². The van der Waals surface area contributed by atoms with Crippen LogP contribution in [0.4, 0.5) is 13.2 Å². The van der Waals surface area contributed by atoms with E-state index in [-0.39, 0.29) is 22.7 Å². The third-order valence-corrected chi connectivity index (χ3v) is 5.64. The molecule has 0 aliphatic rings. The fourth-order valence-electron chi connectivity index (χ4n) is 2.82. The van der Waals surface area contributed by atoms with Gasteiger partial charge in [0.1, 0.15) is 0 Å². The Morgan fingerprint density at radius 3 is 2.43 bits per heavy atom. The number of rotatable bonds is 5. The summed E-state index contributed by atoms with van der Waals surface area (Å²) in [6.45, 7) is 0. The Kier molecular flexibility index (Phi) is 5.22. The summed E-state index contributed by atoms with van der Waals surface area (Å²) in [7, 11) is -0.926. The van der Waals surface area contributed by atoms with Gasteiger partial charge in [-0.05, 0) is 53.2 Å². The third kappa shape index (κ3) is 3.90. The molecule has 0 atom stereocenters. The molecule has 1 aromatic heterocycles. The van der Waals surface area contributed by atoms with E-state index in [0.29, 0.717) is 11.1 Å². The predicted octanol–water partition coefficient (Wildman–Crippen LogP) is 2.39. The molecule has 1 heterocycles. The minimum atomic E-state index is -4.50. The van der Waals surface area contributed by atoms with E-state index in [1.165, 1.54) is 48.1 Å². The molecule has 11 heteroatoms. The van der Waals surface area contributed by atoms with Crippen molar-refractivity contribution in [2.24, 2.45) is 7.05 Å². The van der Waals surface area contributed by atoms with Crippen molar-refractivity contribution in [3.8, 4) is 11.4 Å². The lowest BCUT2D eigenvalue weighted by Gasteiger charge is -2.15. The van der Waals surface area contributed by atoms with Crippen LogP contribution in [0.15, 0.2) is 47.4 Å². The molecule has 7 nitrogen and oxygen atoms in total. The average molecular weight is 411 g/mol. The van der Waals surface area contributed by atoms with Crippen LogP contribution in [-0.2, 0) is 29.7 Å². The second-order valence-corrected chi connectivity index (χ2v) is 7.87. The van der Waals surface area contributed by atoms with Gasteiger partial charge in [-0.1, -0.05) is 24.3 Å². The standard InChI is InChI=1S/C17H16F3N5O2S/c1-21-28(26,27)13-8-7-11(14(10-13)16-22-23-24-25(16)2)9-12-5-3-4-6-15(12)17(18,19)20/h3-8,10,21H,9H2,1-2H3. The lowest BCUT2D eigenvalue weighted by molar-refractivity contribution is -0.138. The minimum absolute atomic E-state index is 0.0409. The van der Waals surface area contributed by atoms with Crippen LogP contribution < -0.4 is 4.72 Å². The van der Waals surface area contributed by atoms with Gasteiger partial charge in [-0.3, -0.25) is 0 Å². The molecule has 28 heavy (non-hydrogen) atoms. The molecular weight excluding hydrogens is 395 g/mol. The average Bonchev–Trinajstić information content (AvgIpc) is 3.07. The number of aromatic nitrogens is 4. The first kappa shape index (κ1) is 20.0. The van der Waals surface area contributed by atoms with Gasteiger partial charge in [-0.2, -0.15) is 13.2 Å². The summed E-state index contributed by atoms with van der Waals surface area (Å²) in [4.78, 5) is -0.0409. The zero-order valence-corrected chi connectivity index (χ0v) is 15.7. The van der Waals surface area contributed by atoms with Crippen LogP contribution in [0.3, 0.4) is 0 Å². The molecule has 0 saturated heterocycles. The Morgan fingerprint density at radius 2 is 1.82 bits per heavy atom. The van der Waals surface area contributed by atoms with Crippen LogP contribution in [0.1, 0.15) is 16.7 Å². The number of sulfonamides is 1. The van der Waals surface area contributed by atoms with Crippen molar-refractivity contribution in [3.05, 3.63) is 59.2 Å². The number of tetrazole rings is 1. The normalized spacial score (nSPS) is 12.3. The van der Waals surface area contributed by atoms with Crippen molar-refractivity contribution in [2.45, 2.75) is 17.5 Å². The van der Waals surface area contributed by atoms with Crippen LogP contribution in [0.2, 0.25) is 0 Å². The van der Waals surface area contributed by atoms with E-state index >= 15 is 0 Å². The van der Waals surface area contributed by atoms with Gasteiger partial charge < -0.3 is 0 Å². The summed E-state index contributed by atoms with van der Waals surface area (Å²) >= 11 is 0. The van der Waals surface area contributed by atoms with Gasteiger partial charge in [-0.25, -0.2) is 17.8 Å². The molecule has 0 spiro atoms. The van der Waals surface area contributed by atoms with Gasteiger partial charge in [-0.15, -0.1) is 5.10 Å². The number of nitrogens with zero attached hydrogens (tertiary/aromatic N) is 4. The first-order valence-electron chi connectivity index (χ1n) is 8.08. The number of halogens is 3. The van der Waals surface area contributed by atoms with Crippen LogP contribution in [0.5, 0.6) is 0 Å². The van der Waals surface area contributed by atoms with E-state index in [0.717, 1.165) is 6.07 Å². The summed E-state index contributed by atoms with van der Waals surface area (Å²) in [6.07, 6.45) is -4.57. The fraction of sp³-hybridized carbons (Fsp3) is 0.235. The van der Waals surface area contributed by atoms with E-state index in [2.05, 4.69) is 20.2 Å². The molecule has 0 bridgehead atoms. The van der Waals surface area contributed by atoms with Crippen molar-refractivity contribution in [2.75, 3.05) is 7.05 Å². The number of hydrogen-bond donors (Lipinski definition) is 1. The molecule has 0 aliphatic heterocycles. The lowest BCUT2D eigenvalue weighted by atomic mass is 9.96. The van der Waals surface area contributed by atoms with Gasteiger partial charge in [0.15, 0.2) is 5.82 Å². The predicted molar refractivity (Wildman–Crippen MR) is 94.7 cm³/mol. The smallest absolute Gasteiger partial charge is 0.229 e. The minimum Gasteiger partial charge on any atom is -0.229 e. The summed E-state index contributed by atoms with van der Waals surface area (Å²) in [6, 6.07) is 9.41. The Bertz CT molecular complexity index is 1110. The molecule has 0 saturated carbocycles. The van der Waals surface area contributed by atoms with Gasteiger partial charge in [0, 0.05) is 12.6 Å². The molecule has 0 fully saturated rings. The molecule has 0 unspecified atom stereocenters. The number of aryl methyl sites for hydroxylation is 1. The van der Waals surface area contributed by atoms with Crippen LogP contribution in [-0.4, -0.2) is 35.7 Å². The Morgan fingerprint density at radius 1 is 1.11 bits per heavy atom. The maximum absolute atomic E-state index is 13.3. The summed E-state index contributed by atoms with van der Waals surface area (Å²) in [5, 5.41) is 11.1. The largest absolute Gasteiger partial charge is 0.416 e. The van der Waals surface area contributed by atoms with Crippen molar-refractivity contribution in [1.82, 2.24) is 24.9 Å². The molecule has 2 aromatic carbocycles. The highest BCUT2D eigenvalue weighted by atomic mass is 32.2. The van der Waals surface area contributed by atoms with Crippen LogP contribution in [0.25, 0.3) is 11.4 Å². The van der Waals surface area contributed by atoms with Crippen molar-refractivity contribution in [3.63, 3.8) is 0 Å². The Balaban J connectivity index is 2.16. The maximum atomic E-state index is 13.3. The van der Waals surface area contributed by atoms with Gasteiger partial charge in [0.25, 0.3) is 0 Å². The molecule has 0 radical (unpaired) electrons. The molecule has 3 rings (SSSR count). The Labute approximate surface area is 159 Å². The number of hydrogen-bond acceptors (Lipinski definition) is 5. The highest BCUT2D eigenvalue weighted by Gasteiger charge is 2.33. The van der Waals surface area contributed by atoms with Gasteiger partial charge in [0.2, 0.25) is 10.0 Å². The fourth-order valence-corrected chi connectivity index (χ4v) is 3.57. The SMILES string of the molecule is CNS(=O)(=O)c1ccc(Cc2ccccc2C(F)(F)F)c(-c2nnnn2C)c1. The van der Waals surface area contributed by atoms with Crippen molar-refractivity contribution >= 4 is 10.0 Å².